The topological polar surface area (TPSA) is 32.7 Å². The number of aliphatic imine (C=N–C) groups is 1. The molecule has 0 N–H and O–H groups in total. The monoisotopic (exact) mass is 284 g/mol. The molecule has 2 rings (SSSR count). The van der Waals surface area contributed by atoms with Crippen molar-refractivity contribution in [2.75, 3.05) is 19.6 Å². The Balaban J connectivity index is 2.46. The van der Waals surface area contributed by atoms with E-state index in [2.05, 4.69) is 23.7 Å². The van der Waals surface area contributed by atoms with E-state index in [1.165, 1.54) is 0 Å². The van der Waals surface area contributed by atoms with Gasteiger partial charge in [-0.1, -0.05) is 30.3 Å². The van der Waals surface area contributed by atoms with Crippen molar-refractivity contribution in [3.8, 4) is 0 Å². The lowest BCUT2D eigenvalue weighted by atomic mass is 9.95. The van der Waals surface area contributed by atoms with E-state index in [4.69, 9.17) is 0 Å². The molecule has 1 aliphatic rings. The van der Waals surface area contributed by atoms with E-state index in [0.717, 1.165) is 55.0 Å². The van der Waals surface area contributed by atoms with Crippen molar-refractivity contribution in [3.05, 3.63) is 47.2 Å². The molecule has 0 saturated heterocycles. The smallest absolute Gasteiger partial charge is 0.196 e. The van der Waals surface area contributed by atoms with E-state index < -0.39 is 0 Å². The van der Waals surface area contributed by atoms with E-state index >= 15 is 0 Å². The minimum absolute atomic E-state index is 0.0978. The standard InChI is InChI=1S/C18H24N2O/c1-4-20(5-2)14(3)17(16-12-9-13-19-16)18(21)15-10-7-6-8-11-15/h6-8,10-11H,4-5,9,12-13H2,1-3H3/b17-14-. The number of carbonyl (C=O) groups is 1. The molecule has 0 spiro atoms. The molecule has 0 unspecified atom stereocenters. The number of ketones is 1. The second-order valence-electron chi connectivity index (χ2n) is 5.26. The number of allylic oxidation sites excluding steroid dienone is 2. The summed E-state index contributed by atoms with van der Waals surface area (Å²) in [5.41, 5.74) is 3.58. The van der Waals surface area contributed by atoms with Crippen molar-refractivity contribution in [2.45, 2.75) is 33.6 Å². The zero-order chi connectivity index (χ0) is 15.2. The second-order valence-corrected chi connectivity index (χ2v) is 5.26. The average Bonchev–Trinajstić information content (AvgIpc) is 3.03. The first-order chi connectivity index (χ1) is 10.2. The zero-order valence-electron chi connectivity index (χ0n) is 13.2. The zero-order valence-corrected chi connectivity index (χ0v) is 13.2. The third kappa shape index (κ3) is 3.41. The van der Waals surface area contributed by atoms with Crippen LogP contribution in [0.15, 0.2) is 46.6 Å². The Morgan fingerprint density at radius 1 is 1.19 bits per heavy atom. The van der Waals surface area contributed by atoms with Crippen molar-refractivity contribution in [1.29, 1.82) is 0 Å². The molecule has 3 nitrogen and oxygen atoms in total. The fourth-order valence-electron chi connectivity index (χ4n) is 2.84. The summed E-state index contributed by atoms with van der Waals surface area (Å²) < 4.78 is 0. The van der Waals surface area contributed by atoms with Crippen molar-refractivity contribution in [3.63, 3.8) is 0 Å². The molecule has 1 aliphatic heterocycles. The van der Waals surface area contributed by atoms with Gasteiger partial charge in [0.1, 0.15) is 0 Å². The minimum Gasteiger partial charge on any atom is -0.375 e. The molecule has 0 bridgehead atoms. The van der Waals surface area contributed by atoms with E-state index in [9.17, 15) is 4.79 Å². The molecule has 1 aromatic carbocycles. The lowest BCUT2D eigenvalue weighted by molar-refractivity contribution is 0.103. The van der Waals surface area contributed by atoms with Gasteiger partial charge in [-0.3, -0.25) is 9.79 Å². The lowest BCUT2D eigenvalue weighted by Crippen LogP contribution is -2.26. The normalized spacial score (nSPS) is 15.5. The summed E-state index contributed by atoms with van der Waals surface area (Å²) in [4.78, 5) is 19.7. The molecule has 0 aromatic heterocycles. The molecule has 0 aliphatic carbocycles. The Hall–Kier alpha value is -1.90. The van der Waals surface area contributed by atoms with Crippen LogP contribution < -0.4 is 0 Å². The van der Waals surface area contributed by atoms with E-state index in [1.54, 1.807) is 0 Å². The third-order valence-electron chi connectivity index (χ3n) is 4.03. The molecule has 0 saturated carbocycles. The van der Waals surface area contributed by atoms with Gasteiger partial charge in [-0.25, -0.2) is 0 Å². The first-order valence-electron chi connectivity index (χ1n) is 7.78. The van der Waals surface area contributed by atoms with Gasteiger partial charge < -0.3 is 4.90 Å². The Kier molecular flexibility index (Phi) is 5.32. The SMILES string of the molecule is CCN(CC)/C(C)=C(\C(=O)c1ccccc1)C1=NCCC1. The number of rotatable bonds is 6. The van der Waals surface area contributed by atoms with Crippen LogP contribution in [0.1, 0.15) is 44.0 Å². The Bertz CT molecular complexity index is 554. The average molecular weight is 284 g/mol. The van der Waals surface area contributed by atoms with E-state index in [0.29, 0.717) is 0 Å². The van der Waals surface area contributed by atoms with Crippen LogP contribution in [-0.4, -0.2) is 36.0 Å². The van der Waals surface area contributed by atoms with Gasteiger partial charge in [-0.05, 0) is 33.6 Å². The van der Waals surface area contributed by atoms with Crippen molar-refractivity contribution in [2.24, 2.45) is 4.99 Å². The summed E-state index contributed by atoms with van der Waals surface area (Å²) in [7, 11) is 0. The van der Waals surface area contributed by atoms with Crippen LogP contribution >= 0.6 is 0 Å². The fraction of sp³-hybridized carbons (Fsp3) is 0.444. The number of nitrogens with zero attached hydrogens (tertiary/aromatic N) is 2. The molecule has 112 valence electrons. The number of benzene rings is 1. The molecule has 0 fully saturated rings. The summed E-state index contributed by atoms with van der Waals surface area (Å²) in [6.45, 7) is 8.93. The number of carbonyl (C=O) groups excluding carboxylic acids is 1. The lowest BCUT2D eigenvalue weighted by Gasteiger charge is -2.25. The van der Waals surface area contributed by atoms with Crippen LogP contribution in [-0.2, 0) is 0 Å². The Morgan fingerprint density at radius 2 is 1.86 bits per heavy atom. The van der Waals surface area contributed by atoms with Crippen LogP contribution in [0.5, 0.6) is 0 Å². The third-order valence-corrected chi connectivity index (χ3v) is 4.03. The number of hydrogen-bond donors (Lipinski definition) is 0. The van der Waals surface area contributed by atoms with E-state index in [-0.39, 0.29) is 5.78 Å². The van der Waals surface area contributed by atoms with Gasteiger partial charge in [0.25, 0.3) is 0 Å². The summed E-state index contributed by atoms with van der Waals surface area (Å²) in [6.07, 6.45) is 1.96. The maximum absolute atomic E-state index is 12.9. The molecule has 21 heavy (non-hydrogen) atoms. The Labute approximate surface area is 127 Å². The highest BCUT2D eigenvalue weighted by Gasteiger charge is 2.24. The van der Waals surface area contributed by atoms with Gasteiger partial charge in [-0.15, -0.1) is 0 Å². The quantitative estimate of drug-likeness (QED) is 0.589. The van der Waals surface area contributed by atoms with Crippen LogP contribution in [0.2, 0.25) is 0 Å². The second kappa shape index (κ2) is 7.21. The maximum atomic E-state index is 12.9. The molecule has 3 heteroatoms. The molecule has 0 radical (unpaired) electrons. The minimum atomic E-state index is 0.0978. The predicted octanol–water partition coefficient (Wildman–Crippen LogP) is 3.72. The van der Waals surface area contributed by atoms with Crippen LogP contribution in [0.25, 0.3) is 0 Å². The fourth-order valence-corrected chi connectivity index (χ4v) is 2.84. The van der Waals surface area contributed by atoms with Crippen LogP contribution in [0.4, 0.5) is 0 Å². The summed E-state index contributed by atoms with van der Waals surface area (Å²) in [5.74, 6) is 0.0978. The molecule has 0 atom stereocenters. The number of Topliss-reactive ketones (excluding diaryl/α,β-unsaturated/α-hetero) is 1. The Morgan fingerprint density at radius 3 is 2.38 bits per heavy atom. The number of hydrogen-bond acceptors (Lipinski definition) is 3. The predicted molar refractivity (Wildman–Crippen MR) is 87.9 cm³/mol. The largest absolute Gasteiger partial charge is 0.375 e. The molecule has 1 heterocycles. The van der Waals surface area contributed by atoms with Gasteiger partial charge in [0.2, 0.25) is 0 Å². The maximum Gasteiger partial charge on any atom is 0.196 e. The van der Waals surface area contributed by atoms with Crippen LogP contribution in [0.3, 0.4) is 0 Å². The van der Waals surface area contributed by atoms with Gasteiger partial charge in [0, 0.05) is 36.6 Å². The molecule has 0 amide bonds. The van der Waals surface area contributed by atoms with Crippen LogP contribution in [0, 0.1) is 0 Å². The summed E-state index contributed by atoms with van der Waals surface area (Å²) >= 11 is 0. The summed E-state index contributed by atoms with van der Waals surface area (Å²) in [5, 5.41) is 0. The molecular weight excluding hydrogens is 260 g/mol. The highest BCUT2D eigenvalue weighted by Crippen LogP contribution is 2.22. The first kappa shape index (κ1) is 15.5. The van der Waals surface area contributed by atoms with Crippen molar-refractivity contribution in [1.82, 2.24) is 4.90 Å². The van der Waals surface area contributed by atoms with E-state index in [1.807, 2.05) is 37.3 Å². The highest BCUT2D eigenvalue weighted by molar-refractivity contribution is 6.28. The summed E-state index contributed by atoms with van der Waals surface area (Å²) in [6, 6.07) is 9.52. The van der Waals surface area contributed by atoms with Gasteiger partial charge in [0.05, 0.1) is 5.57 Å². The first-order valence-corrected chi connectivity index (χ1v) is 7.78. The van der Waals surface area contributed by atoms with Gasteiger partial charge in [0.15, 0.2) is 5.78 Å². The molecular formula is C18H24N2O. The highest BCUT2D eigenvalue weighted by atomic mass is 16.1. The molecule has 1 aromatic rings. The van der Waals surface area contributed by atoms with Crippen molar-refractivity contribution >= 4 is 11.5 Å². The van der Waals surface area contributed by atoms with Gasteiger partial charge in [-0.2, -0.15) is 0 Å². The van der Waals surface area contributed by atoms with Gasteiger partial charge >= 0.3 is 0 Å². The van der Waals surface area contributed by atoms with Crippen molar-refractivity contribution < 1.29 is 4.79 Å².